The van der Waals surface area contributed by atoms with Crippen LogP contribution in [0.1, 0.15) is 24.9 Å². The smallest absolute Gasteiger partial charge is 0.0662 e. The minimum Gasteiger partial charge on any atom is -0.392 e. The molecule has 2 unspecified atom stereocenters. The molecule has 2 N–H and O–H groups in total. The van der Waals surface area contributed by atoms with E-state index in [9.17, 15) is 5.11 Å². The molecule has 0 heterocycles. The van der Waals surface area contributed by atoms with Crippen LogP contribution in [0, 0.1) is 0 Å². The Morgan fingerprint density at radius 2 is 2.00 bits per heavy atom. The quantitative estimate of drug-likeness (QED) is 0.739. The molecule has 2 atom stereocenters. The average Bonchev–Trinajstić information content (AvgIpc) is 2.35. The molecule has 1 aromatic rings. The Kier molecular flexibility index (Phi) is 6.08. The van der Waals surface area contributed by atoms with Gasteiger partial charge in [0, 0.05) is 13.7 Å². The van der Waals surface area contributed by atoms with Gasteiger partial charge in [-0.05, 0) is 12.0 Å². The summed E-state index contributed by atoms with van der Waals surface area (Å²) in [6.45, 7) is 3.18. The fraction of sp³-hybridized carbons (Fsp3) is 0.538. The zero-order valence-corrected chi connectivity index (χ0v) is 10.0. The number of hydrogen-bond acceptors (Lipinski definition) is 3. The molecule has 0 aliphatic heterocycles. The Morgan fingerprint density at radius 1 is 1.31 bits per heavy atom. The molecule has 3 heteroatoms. The van der Waals surface area contributed by atoms with Crippen molar-refractivity contribution in [1.29, 1.82) is 0 Å². The van der Waals surface area contributed by atoms with Gasteiger partial charge in [-0.25, -0.2) is 0 Å². The molecule has 0 amide bonds. The lowest BCUT2D eigenvalue weighted by molar-refractivity contribution is 0.136. The number of hydrogen-bond donors (Lipinski definition) is 2. The van der Waals surface area contributed by atoms with Gasteiger partial charge in [-0.3, -0.25) is 0 Å². The SMILES string of the molecule is CCC(O)CNC(COC)c1ccccc1. The van der Waals surface area contributed by atoms with Crippen LogP contribution in [0.15, 0.2) is 30.3 Å². The van der Waals surface area contributed by atoms with Crippen LogP contribution in [-0.2, 0) is 4.74 Å². The van der Waals surface area contributed by atoms with Crippen LogP contribution in [0.3, 0.4) is 0 Å². The van der Waals surface area contributed by atoms with Gasteiger partial charge in [-0.1, -0.05) is 37.3 Å². The molecule has 0 bridgehead atoms. The zero-order chi connectivity index (χ0) is 11.8. The van der Waals surface area contributed by atoms with Crippen molar-refractivity contribution in [3.63, 3.8) is 0 Å². The summed E-state index contributed by atoms with van der Waals surface area (Å²) in [7, 11) is 1.69. The van der Waals surface area contributed by atoms with E-state index in [1.807, 2.05) is 25.1 Å². The van der Waals surface area contributed by atoms with Gasteiger partial charge in [0.05, 0.1) is 18.8 Å². The normalized spacial score (nSPS) is 14.7. The molecule has 0 aliphatic carbocycles. The van der Waals surface area contributed by atoms with Crippen molar-refractivity contribution in [2.75, 3.05) is 20.3 Å². The van der Waals surface area contributed by atoms with Crippen molar-refractivity contribution < 1.29 is 9.84 Å². The molecular weight excluding hydrogens is 202 g/mol. The molecule has 0 saturated heterocycles. The minimum absolute atomic E-state index is 0.146. The summed E-state index contributed by atoms with van der Waals surface area (Å²) in [5.74, 6) is 0. The molecule has 0 radical (unpaired) electrons. The van der Waals surface area contributed by atoms with Crippen LogP contribution in [0.2, 0.25) is 0 Å². The van der Waals surface area contributed by atoms with E-state index in [4.69, 9.17) is 4.74 Å². The lowest BCUT2D eigenvalue weighted by Crippen LogP contribution is -2.32. The van der Waals surface area contributed by atoms with Crippen molar-refractivity contribution in [2.45, 2.75) is 25.5 Å². The first kappa shape index (κ1) is 13.2. The maximum Gasteiger partial charge on any atom is 0.0662 e. The number of aliphatic hydroxyl groups excluding tert-OH is 1. The summed E-state index contributed by atoms with van der Waals surface area (Å²) in [6, 6.07) is 10.3. The molecule has 16 heavy (non-hydrogen) atoms. The standard InChI is InChI=1S/C13H21NO2/c1-3-12(15)9-14-13(10-16-2)11-7-5-4-6-8-11/h4-8,12-15H,3,9-10H2,1-2H3. The van der Waals surface area contributed by atoms with E-state index < -0.39 is 0 Å². The summed E-state index contributed by atoms with van der Waals surface area (Å²) in [5.41, 5.74) is 1.19. The Labute approximate surface area is 97.4 Å². The second kappa shape index (κ2) is 7.39. The Bertz CT molecular complexity index is 277. The zero-order valence-electron chi connectivity index (χ0n) is 10.0. The Balaban J connectivity index is 2.54. The lowest BCUT2D eigenvalue weighted by atomic mass is 10.1. The number of aliphatic hydroxyl groups is 1. The summed E-state index contributed by atoms with van der Waals surface area (Å²) >= 11 is 0. The Morgan fingerprint density at radius 3 is 2.56 bits per heavy atom. The number of nitrogens with one attached hydrogen (secondary N) is 1. The molecule has 90 valence electrons. The molecule has 0 saturated carbocycles. The van der Waals surface area contributed by atoms with Gasteiger partial charge >= 0.3 is 0 Å². The molecule has 0 aliphatic rings. The summed E-state index contributed by atoms with van der Waals surface area (Å²) in [6.07, 6.45) is 0.477. The second-order valence-corrected chi connectivity index (χ2v) is 3.89. The topological polar surface area (TPSA) is 41.5 Å². The van der Waals surface area contributed by atoms with Crippen LogP contribution >= 0.6 is 0 Å². The highest BCUT2D eigenvalue weighted by Crippen LogP contribution is 2.12. The van der Waals surface area contributed by atoms with Gasteiger partial charge in [0.15, 0.2) is 0 Å². The van der Waals surface area contributed by atoms with Gasteiger partial charge < -0.3 is 15.2 Å². The van der Waals surface area contributed by atoms with Gasteiger partial charge in [0.2, 0.25) is 0 Å². The van der Waals surface area contributed by atoms with Crippen molar-refractivity contribution >= 4 is 0 Å². The monoisotopic (exact) mass is 223 g/mol. The highest BCUT2D eigenvalue weighted by molar-refractivity contribution is 5.18. The van der Waals surface area contributed by atoms with E-state index in [0.717, 1.165) is 6.42 Å². The predicted molar refractivity (Wildman–Crippen MR) is 65.4 cm³/mol. The van der Waals surface area contributed by atoms with Crippen LogP contribution in [-0.4, -0.2) is 31.5 Å². The molecule has 0 aromatic heterocycles. The van der Waals surface area contributed by atoms with Gasteiger partial charge in [-0.2, -0.15) is 0 Å². The number of benzene rings is 1. The maximum absolute atomic E-state index is 9.52. The minimum atomic E-state index is -0.289. The highest BCUT2D eigenvalue weighted by atomic mass is 16.5. The fourth-order valence-electron chi connectivity index (χ4n) is 1.55. The summed E-state index contributed by atoms with van der Waals surface area (Å²) < 4.78 is 5.18. The van der Waals surface area contributed by atoms with E-state index in [-0.39, 0.29) is 12.1 Å². The van der Waals surface area contributed by atoms with Gasteiger partial charge in [0.25, 0.3) is 0 Å². The largest absolute Gasteiger partial charge is 0.392 e. The molecule has 1 aromatic carbocycles. The van der Waals surface area contributed by atoms with Crippen LogP contribution in [0.5, 0.6) is 0 Å². The van der Waals surface area contributed by atoms with E-state index in [1.54, 1.807) is 7.11 Å². The lowest BCUT2D eigenvalue weighted by Gasteiger charge is -2.20. The molecular formula is C13H21NO2. The molecule has 1 rings (SSSR count). The molecule has 3 nitrogen and oxygen atoms in total. The Hall–Kier alpha value is -0.900. The van der Waals surface area contributed by atoms with E-state index in [1.165, 1.54) is 5.56 Å². The number of rotatable bonds is 7. The van der Waals surface area contributed by atoms with Gasteiger partial charge in [0.1, 0.15) is 0 Å². The third kappa shape index (κ3) is 4.31. The first-order valence-corrected chi connectivity index (χ1v) is 5.73. The number of ether oxygens (including phenoxy) is 1. The third-order valence-corrected chi connectivity index (χ3v) is 2.61. The van der Waals surface area contributed by atoms with Crippen LogP contribution in [0.25, 0.3) is 0 Å². The van der Waals surface area contributed by atoms with E-state index in [2.05, 4.69) is 17.4 Å². The highest BCUT2D eigenvalue weighted by Gasteiger charge is 2.11. The predicted octanol–water partition coefficient (Wildman–Crippen LogP) is 1.73. The van der Waals surface area contributed by atoms with Crippen molar-refractivity contribution in [1.82, 2.24) is 5.32 Å². The van der Waals surface area contributed by atoms with Crippen LogP contribution < -0.4 is 5.32 Å². The van der Waals surface area contributed by atoms with Gasteiger partial charge in [-0.15, -0.1) is 0 Å². The van der Waals surface area contributed by atoms with Crippen molar-refractivity contribution in [3.05, 3.63) is 35.9 Å². The van der Waals surface area contributed by atoms with E-state index in [0.29, 0.717) is 13.2 Å². The maximum atomic E-state index is 9.52. The average molecular weight is 223 g/mol. The first-order valence-electron chi connectivity index (χ1n) is 5.73. The summed E-state index contributed by atoms with van der Waals surface area (Å²) in [4.78, 5) is 0. The van der Waals surface area contributed by atoms with E-state index >= 15 is 0 Å². The number of methoxy groups -OCH3 is 1. The molecule has 0 fully saturated rings. The second-order valence-electron chi connectivity index (χ2n) is 3.89. The van der Waals surface area contributed by atoms with Crippen molar-refractivity contribution in [3.8, 4) is 0 Å². The third-order valence-electron chi connectivity index (χ3n) is 2.61. The summed E-state index contributed by atoms with van der Waals surface area (Å²) in [5, 5.41) is 12.8. The molecule has 0 spiro atoms. The first-order chi connectivity index (χ1) is 7.77. The van der Waals surface area contributed by atoms with Crippen LogP contribution in [0.4, 0.5) is 0 Å². The van der Waals surface area contributed by atoms with Crippen molar-refractivity contribution in [2.24, 2.45) is 0 Å². The fourth-order valence-corrected chi connectivity index (χ4v) is 1.55.